The van der Waals surface area contributed by atoms with Crippen LogP contribution in [0.4, 0.5) is 26.3 Å². The highest BCUT2D eigenvalue weighted by molar-refractivity contribution is 7.53. The van der Waals surface area contributed by atoms with Gasteiger partial charge >= 0.3 is 21.4 Å². The lowest BCUT2D eigenvalue weighted by atomic mass is 9.67. The van der Waals surface area contributed by atoms with Gasteiger partial charge in [-0.05, 0) is 78.1 Å². The van der Waals surface area contributed by atoms with Crippen molar-refractivity contribution in [2.75, 3.05) is 6.67 Å². The average Bonchev–Trinajstić information content (AvgIpc) is 3.01. The molecule has 7 nitrogen and oxygen atoms in total. The Labute approximate surface area is 259 Å². The number of rotatable bonds is 13. The minimum absolute atomic E-state index is 0.0437. The lowest BCUT2D eigenvalue weighted by molar-refractivity contribution is 0.0879. The Morgan fingerprint density at radius 3 is 1.59 bits per heavy atom. The van der Waals surface area contributed by atoms with Crippen molar-refractivity contribution in [2.24, 2.45) is 0 Å². The third-order valence-electron chi connectivity index (χ3n) is 7.39. The van der Waals surface area contributed by atoms with Crippen LogP contribution in [0.1, 0.15) is 32.6 Å². The number of benzene rings is 4. The van der Waals surface area contributed by atoms with E-state index >= 15 is 4.39 Å². The first-order valence-electron chi connectivity index (χ1n) is 13.4. The fourth-order valence-electron chi connectivity index (χ4n) is 4.96. The molecule has 46 heavy (non-hydrogen) atoms. The molecule has 0 spiro atoms. The molecule has 0 radical (unpaired) electrons. The van der Waals surface area contributed by atoms with Gasteiger partial charge in [0.2, 0.25) is 0 Å². The third-order valence-corrected chi connectivity index (χ3v) is 9.66. The summed E-state index contributed by atoms with van der Waals surface area (Å²) >= 11 is 0. The number of carbonyl (C=O) groups excluding carboxylic acids is 1. The Kier molecular flexibility index (Phi) is 10.4. The van der Waals surface area contributed by atoms with Gasteiger partial charge in [0.1, 0.15) is 24.1 Å². The van der Waals surface area contributed by atoms with Crippen LogP contribution in [0, 0.1) is 11.6 Å². The zero-order chi connectivity index (χ0) is 33.9. The van der Waals surface area contributed by atoms with Crippen molar-refractivity contribution < 1.29 is 59.5 Å². The summed E-state index contributed by atoms with van der Waals surface area (Å²) in [6.07, 6.45) is -4.05. The zero-order valence-electron chi connectivity index (χ0n) is 23.6. The quantitative estimate of drug-likeness (QED) is 0.0752. The van der Waals surface area contributed by atoms with E-state index in [0.29, 0.717) is 11.1 Å². The Hall–Kier alpha value is -3.73. The van der Waals surface area contributed by atoms with E-state index in [1.54, 1.807) is 0 Å². The molecule has 0 saturated heterocycles. The topological polar surface area (TPSA) is 121 Å². The van der Waals surface area contributed by atoms with Gasteiger partial charge in [-0.25, -0.2) is 22.1 Å². The van der Waals surface area contributed by atoms with Crippen LogP contribution in [0.15, 0.2) is 97.1 Å². The van der Waals surface area contributed by atoms with E-state index in [0.717, 1.165) is 48.5 Å². The van der Waals surface area contributed by atoms with Gasteiger partial charge < -0.3 is 19.2 Å². The predicted molar refractivity (Wildman–Crippen MR) is 156 cm³/mol. The normalized spacial score (nSPS) is 15.9. The van der Waals surface area contributed by atoms with Crippen LogP contribution >= 0.6 is 15.2 Å². The molecule has 0 fully saturated rings. The maximum absolute atomic E-state index is 15.0. The lowest BCUT2D eigenvalue weighted by Gasteiger charge is -2.34. The highest BCUT2D eigenvalue weighted by atomic mass is 31.2. The number of hydrogen-bond donors (Lipinski definition) is 3. The number of carbonyl (C=O) groups is 1. The molecule has 0 aliphatic carbocycles. The van der Waals surface area contributed by atoms with Gasteiger partial charge in [-0.15, -0.1) is 0 Å². The first-order valence-corrected chi connectivity index (χ1v) is 16.6. The summed E-state index contributed by atoms with van der Waals surface area (Å²) in [6.45, 7) is -2.01. The van der Waals surface area contributed by atoms with Crippen molar-refractivity contribution in [1.29, 1.82) is 0 Å². The van der Waals surface area contributed by atoms with E-state index in [1.807, 2.05) is 0 Å². The molecule has 3 atom stereocenters. The summed E-state index contributed by atoms with van der Waals surface area (Å²) in [5.74, 6) is -2.21. The second-order valence-electron chi connectivity index (χ2n) is 10.5. The first kappa shape index (κ1) is 35.1. The number of hydrogen-bond acceptors (Lipinski definition) is 4. The molecule has 4 aromatic rings. The fraction of sp³-hybridized carbons (Fsp3) is 0.194. The van der Waals surface area contributed by atoms with Crippen LogP contribution in [0.2, 0.25) is 0 Å². The largest absolute Gasteiger partial charge is 0.442 e. The molecule has 4 rings (SSSR count). The van der Waals surface area contributed by atoms with Crippen molar-refractivity contribution >= 4 is 21.0 Å². The van der Waals surface area contributed by atoms with Crippen LogP contribution < -0.4 is 4.52 Å². The first-order chi connectivity index (χ1) is 21.5. The highest BCUT2D eigenvalue weighted by Crippen LogP contribution is 2.58. The van der Waals surface area contributed by atoms with Gasteiger partial charge in [0, 0.05) is 11.1 Å². The van der Waals surface area contributed by atoms with Gasteiger partial charge in [-0.1, -0.05) is 48.5 Å². The maximum atomic E-state index is 15.0. The maximum Gasteiger partial charge on any atom is 0.442 e. The van der Waals surface area contributed by atoms with Crippen LogP contribution in [0.5, 0.6) is 5.75 Å². The summed E-state index contributed by atoms with van der Waals surface area (Å²) in [7, 11) is -10.9. The van der Waals surface area contributed by atoms with Gasteiger partial charge in [-0.3, -0.25) is 9.36 Å². The number of Topliss-reactive ketones (excluding diaryl/α,β-unsaturated/α-hetero) is 1. The van der Waals surface area contributed by atoms with Crippen molar-refractivity contribution in [3.63, 3.8) is 0 Å². The molecule has 0 aliphatic rings. The molecule has 3 unspecified atom stereocenters. The van der Waals surface area contributed by atoms with Crippen LogP contribution in [0.3, 0.4) is 0 Å². The summed E-state index contributed by atoms with van der Waals surface area (Å²) in [4.78, 5) is 42.6. The Morgan fingerprint density at radius 2 is 1.15 bits per heavy atom. The van der Waals surface area contributed by atoms with E-state index in [-0.39, 0.29) is 29.7 Å². The predicted octanol–water partition coefficient (Wildman–Crippen LogP) is 7.63. The van der Waals surface area contributed by atoms with Crippen LogP contribution in [-0.2, 0) is 32.8 Å². The lowest BCUT2D eigenvalue weighted by Crippen LogP contribution is -2.41. The molecule has 0 heterocycles. The second kappa shape index (κ2) is 13.6. The van der Waals surface area contributed by atoms with Crippen LogP contribution in [-0.4, -0.2) is 33.3 Å². The highest BCUT2D eigenvalue weighted by Gasteiger charge is 2.50. The molecule has 4 aromatic carbocycles. The van der Waals surface area contributed by atoms with E-state index in [4.69, 9.17) is 0 Å². The molecule has 0 aromatic heterocycles. The fourth-order valence-corrected chi connectivity index (χ4v) is 6.11. The summed E-state index contributed by atoms with van der Waals surface area (Å²) < 4.78 is 110. The Morgan fingerprint density at radius 1 is 0.717 bits per heavy atom. The average molecular weight is 686 g/mol. The number of halogens is 6. The van der Waals surface area contributed by atoms with Gasteiger partial charge in [-0.2, -0.15) is 8.78 Å². The van der Waals surface area contributed by atoms with E-state index in [9.17, 15) is 50.6 Å². The monoisotopic (exact) mass is 686 g/mol. The summed E-state index contributed by atoms with van der Waals surface area (Å²) in [6, 6.07) is 18.8. The molecule has 3 N–H and O–H groups in total. The standard InChI is InChI=1S/C31H26F6O7P2/c32-19-31(37,46(41,42)43)24-7-1-20(2-8-24)17-30(23-9-13-26(34)14-10-23,28(38)22-5-11-25(33)12-6-22)18-21-3-15-27(16-4-21)44-45(39,40)29(35)36/h1-16,29H,17-19H2,(H,39,40)(H2,41,42,43). The van der Waals surface area contributed by atoms with Crippen molar-refractivity contribution in [2.45, 2.75) is 29.8 Å². The van der Waals surface area contributed by atoms with E-state index < -0.39 is 61.8 Å². The second-order valence-corrected chi connectivity index (χ2v) is 14.0. The van der Waals surface area contributed by atoms with E-state index in [2.05, 4.69) is 4.52 Å². The van der Waals surface area contributed by atoms with Crippen molar-refractivity contribution in [3.8, 4) is 5.75 Å². The van der Waals surface area contributed by atoms with Gasteiger partial charge in [0.25, 0.3) is 5.41 Å². The van der Waals surface area contributed by atoms with E-state index in [1.165, 1.54) is 48.5 Å². The molecule has 0 amide bonds. The molecule has 15 heteroatoms. The molecule has 0 aliphatic heterocycles. The van der Waals surface area contributed by atoms with Crippen molar-refractivity contribution in [1.82, 2.24) is 0 Å². The summed E-state index contributed by atoms with van der Waals surface area (Å²) in [5.41, 5.74) is -1.30. The molecule has 244 valence electrons. The number of alkyl halides is 4. The SMILES string of the molecule is O=C(c1ccc(F)cc1)C(Cc1ccc(OP(=O)(O)C(F)F)cc1)(Cc1ccc(C(F)(CF)P(=O)(O)O)cc1)c1ccc(F)cc1. The van der Waals surface area contributed by atoms with Gasteiger partial charge in [0.15, 0.2) is 5.78 Å². The Balaban J connectivity index is 1.85. The van der Waals surface area contributed by atoms with Crippen LogP contribution in [0.25, 0.3) is 0 Å². The number of ketones is 1. The molecule has 0 saturated carbocycles. The summed E-state index contributed by atoms with van der Waals surface area (Å²) in [5, 5.41) is -3.61. The molecular weight excluding hydrogens is 660 g/mol. The van der Waals surface area contributed by atoms with Gasteiger partial charge in [0.05, 0.1) is 5.41 Å². The Bertz CT molecular complexity index is 1770. The zero-order valence-corrected chi connectivity index (χ0v) is 25.4. The molecule has 0 bridgehead atoms. The van der Waals surface area contributed by atoms with Crippen molar-refractivity contribution in [3.05, 3.63) is 137 Å². The minimum Gasteiger partial charge on any atom is -0.421 e. The smallest absolute Gasteiger partial charge is 0.421 e. The minimum atomic E-state index is -5.59. The molecular formula is C31H26F6O7P2. The third kappa shape index (κ3) is 7.45.